The van der Waals surface area contributed by atoms with Crippen LogP contribution in [0.1, 0.15) is 6.42 Å². The van der Waals surface area contributed by atoms with Crippen molar-refractivity contribution in [1.82, 2.24) is 5.06 Å². The average Bonchev–Trinajstić information content (AvgIpc) is 2.46. The zero-order valence-electron chi connectivity index (χ0n) is 5.75. The molecule has 2 aliphatic heterocycles. The smallest absolute Gasteiger partial charge is 0.184 e. The molecular formula is C6H11NO3. The van der Waals surface area contributed by atoms with Gasteiger partial charge in [0.25, 0.3) is 0 Å². The topological polar surface area (TPSA) is 41.9 Å². The zero-order chi connectivity index (χ0) is 7.03. The Morgan fingerprint density at radius 3 is 2.50 bits per heavy atom. The lowest BCUT2D eigenvalue weighted by Gasteiger charge is -2.19. The molecule has 1 spiro atoms. The van der Waals surface area contributed by atoms with Gasteiger partial charge in [0.05, 0.1) is 19.8 Å². The van der Waals surface area contributed by atoms with Gasteiger partial charge in [-0.25, -0.2) is 0 Å². The Labute approximate surface area is 59.3 Å². The maximum absolute atomic E-state index is 9.03. The van der Waals surface area contributed by atoms with Crippen molar-refractivity contribution < 1.29 is 14.7 Å². The molecule has 0 aromatic rings. The standard InChI is InChI=1S/C6H11NO3/c8-7-2-1-6(5-7)9-3-4-10-6/h8H,1-5H2. The Morgan fingerprint density at radius 2 is 2.00 bits per heavy atom. The highest BCUT2D eigenvalue weighted by Gasteiger charge is 2.42. The third kappa shape index (κ3) is 0.932. The summed E-state index contributed by atoms with van der Waals surface area (Å²) in [6, 6.07) is 0. The van der Waals surface area contributed by atoms with Crippen LogP contribution >= 0.6 is 0 Å². The summed E-state index contributed by atoms with van der Waals surface area (Å²) in [5, 5.41) is 10.3. The minimum Gasteiger partial charge on any atom is -0.346 e. The van der Waals surface area contributed by atoms with Crippen molar-refractivity contribution in [3.63, 3.8) is 0 Å². The maximum atomic E-state index is 9.03. The fraction of sp³-hybridized carbons (Fsp3) is 1.00. The Balaban J connectivity index is 2.03. The highest BCUT2D eigenvalue weighted by molar-refractivity contribution is 4.82. The monoisotopic (exact) mass is 145 g/mol. The molecule has 2 rings (SSSR count). The number of hydrogen-bond acceptors (Lipinski definition) is 4. The molecule has 1 N–H and O–H groups in total. The lowest BCUT2D eigenvalue weighted by Crippen LogP contribution is -2.33. The number of nitrogens with zero attached hydrogens (tertiary/aromatic N) is 1. The molecule has 0 aromatic carbocycles. The van der Waals surface area contributed by atoms with E-state index in [1.54, 1.807) is 0 Å². The predicted octanol–water partition coefficient (Wildman–Crippen LogP) is -0.176. The van der Waals surface area contributed by atoms with E-state index in [4.69, 9.17) is 14.7 Å². The van der Waals surface area contributed by atoms with Gasteiger partial charge in [-0.05, 0) is 0 Å². The van der Waals surface area contributed by atoms with Crippen LogP contribution in [0, 0.1) is 0 Å². The molecule has 2 aliphatic rings. The fourth-order valence-corrected chi connectivity index (χ4v) is 1.47. The number of ether oxygens (including phenoxy) is 2. The summed E-state index contributed by atoms with van der Waals surface area (Å²) >= 11 is 0. The molecule has 0 aromatic heterocycles. The predicted molar refractivity (Wildman–Crippen MR) is 32.6 cm³/mol. The molecule has 10 heavy (non-hydrogen) atoms. The molecular weight excluding hydrogens is 134 g/mol. The minimum atomic E-state index is -0.464. The van der Waals surface area contributed by atoms with Gasteiger partial charge in [-0.2, -0.15) is 5.06 Å². The van der Waals surface area contributed by atoms with E-state index in [-0.39, 0.29) is 0 Å². The Bertz CT molecular complexity index is 133. The lowest BCUT2D eigenvalue weighted by molar-refractivity contribution is -0.171. The van der Waals surface area contributed by atoms with Gasteiger partial charge in [0, 0.05) is 13.0 Å². The highest BCUT2D eigenvalue weighted by Crippen LogP contribution is 2.28. The van der Waals surface area contributed by atoms with Gasteiger partial charge in [-0.3, -0.25) is 0 Å². The van der Waals surface area contributed by atoms with Crippen LogP contribution in [0.3, 0.4) is 0 Å². The van der Waals surface area contributed by atoms with E-state index in [0.29, 0.717) is 26.3 Å². The number of hydroxylamine groups is 2. The molecule has 0 amide bonds. The van der Waals surface area contributed by atoms with Crippen molar-refractivity contribution in [2.24, 2.45) is 0 Å². The van der Waals surface area contributed by atoms with Crippen LogP contribution in [0.25, 0.3) is 0 Å². The van der Waals surface area contributed by atoms with Crippen molar-refractivity contribution in [1.29, 1.82) is 0 Å². The minimum absolute atomic E-state index is 0.464. The van der Waals surface area contributed by atoms with Gasteiger partial charge >= 0.3 is 0 Å². The van der Waals surface area contributed by atoms with Crippen molar-refractivity contribution >= 4 is 0 Å². The first-order valence-corrected chi connectivity index (χ1v) is 3.53. The van der Waals surface area contributed by atoms with Crippen LogP contribution in [0.2, 0.25) is 0 Å². The Hall–Kier alpha value is -0.160. The Morgan fingerprint density at radius 1 is 1.30 bits per heavy atom. The van der Waals surface area contributed by atoms with Gasteiger partial charge in [-0.1, -0.05) is 0 Å². The van der Waals surface area contributed by atoms with E-state index >= 15 is 0 Å². The van der Waals surface area contributed by atoms with Crippen LogP contribution in [-0.2, 0) is 9.47 Å². The lowest BCUT2D eigenvalue weighted by atomic mass is 10.2. The second kappa shape index (κ2) is 2.17. The molecule has 0 bridgehead atoms. The van der Waals surface area contributed by atoms with Crippen LogP contribution < -0.4 is 0 Å². The first-order chi connectivity index (χ1) is 4.81. The van der Waals surface area contributed by atoms with Gasteiger partial charge in [0.2, 0.25) is 0 Å². The van der Waals surface area contributed by atoms with Crippen molar-refractivity contribution in [3.05, 3.63) is 0 Å². The second-order valence-electron chi connectivity index (χ2n) is 2.75. The first kappa shape index (κ1) is 6.54. The van der Waals surface area contributed by atoms with Crippen molar-refractivity contribution in [2.45, 2.75) is 12.2 Å². The van der Waals surface area contributed by atoms with Crippen LogP contribution in [0.5, 0.6) is 0 Å². The number of rotatable bonds is 0. The van der Waals surface area contributed by atoms with Gasteiger partial charge in [-0.15, -0.1) is 0 Å². The number of hydrogen-bond donors (Lipinski definition) is 1. The molecule has 0 saturated carbocycles. The van der Waals surface area contributed by atoms with Crippen LogP contribution in [0.15, 0.2) is 0 Å². The summed E-state index contributed by atoms with van der Waals surface area (Å²) in [7, 11) is 0. The molecule has 0 radical (unpaired) electrons. The third-order valence-corrected chi connectivity index (χ3v) is 1.99. The largest absolute Gasteiger partial charge is 0.346 e. The van der Waals surface area contributed by atoms with E-state index in [0.717, 1.165) is 6.42 Å². The van der Waals surface area contributed by atoms with E-state index in [2.05, 4.69) is 0 Å². The summed E-state index contributed by atoms with van der Waals surface area (Å²) in [5.41, 5.74) is 0. The molecule has 2 saturated heterocycles. The van der Waals surface area contributed by atoms with Gasteiger partial charge in [0.1, 0.15) is 0 Å². The summed E-state index contributed by atoms with van der Waals surface area (Å²) in [6.45, 7) is 2.47. The molecule has 0 atom stereocenters. The summed E-state index contributed by atoms with van der Waals surface area (Å²) in [6.07, 6.45) is 0.781. The zero-order valence-corrected chi connectivity index (χ0v) is 5.75. The SMILES string of the molecule is ON1CCC2(C1)OCCO2. The molecule has 58 valence electrons. The van der Waals surface area contributed by atoms with Crippen LogP contribution in [0.4, 0.5) is 0 Å². The summed E-state index contributed by atoms with van der Waals surface area (Å²) in [5.74, 6) is -0.464. The molecule has 4 heteroatoms. The van der Waals surface area contributed by atoms with Crippen molar-refractivity contribution in [3.8, 4) is 0 Å². The average molecular weight is 145 g/mol. The quantitative estimate of drug-likeness (QED) is 0.513. The second-order valence-corrected chi connectivity index (χ2v) is 2.75. The van der Waals surface area contributed by atoms with Gasteiger partial charge in [0.15, 0.2) is 5.79 Å². The first-order valence-electron chi connectivity index (χ1n) is 3.53. The molecule has 0 unspecified atom stereocenters. The molecule has 4 nitrogen and oxygen atoms in total. The van der Waals surface area contributed by atoms with E-state index in [9.17, 15) is 0 Å². The van der Waals surface area contributed by atoms with E-state index in [1.165, 1.54) is 5.06 Å². The molecule has 2 heterocycles. The fourth-order valence-electron chi connectivity index (χ4n) is 1.47. The normalized spacial score (nSPS) is 32.1. The molecule has 2 fully saturated rings. The summed E-state index contributed by atoms with van der Waals surface area (Å²) in [4.78, 5) is 0. The molecule has 0 aliphatic carbocycles. The highest BCUT2D eigenvalue weighted by atomic mass is 16.7. The summed E-state index contributed by atoms with van der Waals surface area (Å²) < 4.78 is 10.7. The van der Waals surface area contributed by atoms with E-state index < -0.39 is 5.79 Å². The van der Waals surface area contributed by atoms with Crippen molar-refractivity contribution in [2.75, 3.05) is 26.3 Å². The van der Waals surface area contributed by atoms with Gasteiger partial charge < -0.3 is 14.7 Å². The van der Waals surface area contributed by atoms with Crippen LogP contribution in [-0.4, -0.2) is 42.4 Å². The maximum Gasteiger partial charge on any atom is 0.184 e. The Kier molecular flexibility index (Phi) is 1.42. The third-order valence-electron chi connectivity index (χ3n) is 1.99. The van der Waals surface area contributed by atoms with E-state index in [1.807, 2.05) is 0 Å².